The molecule has 0 radical (unpaired) electrons. The van der Waals surface area contributed by atoms with Crippen molar-refractivity contribution in [1.29, 1.82) is 0 Å². The molecule has 0 bridgehead atoms. The lowest BCUT2D eigenvalue weighted by atomic mass is 9.89. The number of ether oxygens (including phenoxy) is 1. The monoisotopic (exact) mass is 482 g/mol. The van der Waals surface area contributed by atoms with Gasteiger partial charge in [0.15, 0.2) is 0 Å². The second-order valence-corrected chi connectivity index (χ2v) is 10.1. The van der Waals surface area contributed by atoms with Gasteiger partial charge in [0, 0.05) is 10.6 Å². The van der Waals surface area contributed by atoms with Gasteiger partial charge in [0.1, 0.15) is 17.2 Å². The van der Waals surface area contributed by atoms with Gasteiger partial charge < -0.3 is 15.0 Å². The summed E-state index contributed by atoms with van der Waals surface area (Å²) in [7, 11) is 3.82. The van der Waals surface area contributed by atoms with E-state index in [4.69, 9.17) is 9.72 Å². The fraction of sp³-hybridized carbons (Fsp3) is 0.440. The van der Waals surface area contributed by atoms with Crippen molar-refractivity contribution >= 4 is 39.1 Å². The van der Waals surface area contributed by atoms with Crippen LogP contribution in [0.1, 0.15) is 46.9 Å². The zero-order valence-electron chi connectivity index (χ0n) is 20.0. The van der Waals surface area contributed by atoms with Crippen LogP contribution in [0.3, 0.4) is 0 Å². The Morgan fingerprint density at radius 1 is 1.26 bits per heavy atom. The minimum Gasteiger partial charge on any atom is -0.462 e. The molecule has 0 fully saturated rings. The molecule has 1 N–H and O–H groups in total. The van der Waals surface area contributed by atoms with E-state index in [-0.39, 0.29) is 18.0 Å². The number of hydrogen-bond donors (Lipinski definition) is 1. The first-order valence-corrected chi connectivity index (χ1v) is 12.3. The number of benzene rings is 1. The molecule has 180 valence electrons. The Morgan fingerprint density at radius 3 is 2.68 bits per heavy atom. The Kier molecular flexibility index (Phi) is 7.13. The number of hydrogen-bond acceptors (Lipinski definition) is 7. The van der Waals surface area contributed by atoms with Crippen LogP contribution in [0.5, 0.6) is 0 Å². The van der Waals surface area contributed by atoms with Crippen LogP contribution in [-0.4, -0.2) is 47.0 Å². The summed E-state index contributed by atoms with van der Waals surface area (Å²) >= 11 is 1.61. The van der Waals surface area contributed by atoms with Crippen molar-refractivity contribution in [1.82, 2.24) is 14.5 Å². The molecule has 1 aromatic carbocycles. The van der Waals surface area contributed by atoms with E-state index in [2.05, 4.69) is 12.2 Å². The standard InChI is InChI=1S/C25H30N4O4S/c1-5-33-25(32)16-7-9-17(10-8-16)26-21(30)14-29-20(13-28(3)4)27-23-22(24(29)31)18-11-6-15(2)12-19(18)34-23/h7-10,15H,5-6,11-14H2,1-4H3,(H,26,30). The van der Waals surface area contributed by atoms with Crippen LogP contribution in [0.15, 0.2) is 29.1 Å². The van der Waals surface area contributed by atoms with E-state index in [0.717, 1.165) is 29.7 Å². The molecule has 0 spiro atoms. The Morgan fingerprint density at radius 2 is 2.00 bits per heavy atom. The number of nitrogens with zero attached hydrogens (tertiary/aromatic N) is 3. The second-order valence-electron chi connectivity index (χ2n) is 9.04. The third-order valence-electron chi connectivity index (χ3n) is 5.93. The summed E-state index contributed by atoms with van der Waals surface area (Å²) in [5.41, 5.74) is 1.91. The van der Waals surface area contributed by atoms with Gasteiger partial charge in [-0.05, 0) is 76.0 Å². The molecule has 0 saturated heterocycles. The normalized spacial score (nSPS) is 15.4. The van der Waals surface area contributed by atoms with Crippen molar-refractivity contribution in [3.05, 3.63) is 56.4 Å². The van der Waals surface area contributed by atoms with Crippen molar-refractivity contribution in [2.45, 2.75) is 46.2 Å². The second kappa shape index (κ2) is 10.1. The number of carbonyl (C=O) groups is 2. The summed E-state index contributed by atoms with van der Waals surface area (Å²) in [4.78, 5) is 47.1. The Bertz CT molecular complexity index is 1280. The highest BCUT2D eigenvalue weighted by atomic mass is 32.1. The van der Waals surface area contributed by atoms with E-state index < -0.39 is 5.97 Å². The third-order valence-corrected chi connectivity index (χ3v) is 7.08. The molecule has 1 amide bonds. The number of rotatable bonds is 7. The quantitative estimate of drug-likeness (QED) is 0.519. The maximum Gasteiger partial charge on any atom is 0.338 e. The van der Waals surface area contributed by atoms with Gasteiger partial charge in [0.25, 0.3) is 5.56 Å². The zero-order valence-corrected chi connectivity index (χ0v) is 20.8. The number of thiophene rings is 1. The molecule has 4 rings (SSSR count). The molecule has 9 heteroatoms. The first-order valence-electron chi connectivity index (χ1n) is 11.5. The number of anilines is 1. The minimum atomic E-state index is -0.409. The van der Waals surface area contributed by atoms with E-state index in [0.29, 0.717) is 41.5 Å². The van der Waals surface area contributed by atoms with Crippen LogP contribution >= 0.6 is 11.3 Å². The molecule has 0 aliphatic heterocycles. The number of nitrogens with one attached hydrogen (secondary N) is 1. The predicted octanol–water partition coefficient (Wildman–Crippen LogP) is 3.46. The van der Waals surface area contributed by atoms with Crippen LogP contribution in [0.4, 0.5) is 5.69 Å². The largest absolute Gasteiger partial charge is 0.462 e. The number of esters is 1. The molecule has 1 aliphatic rings. The van der Waals surface area contributed by atoms with E-state index in [1.165, 1.54) is 9.44 Å². The molecule has 0 saturated carbocycles. The lowest BCUT2D eigenvalue weighted by Crippen LogP contribution is -2.33. The molecular weight excluding hydrogens is 452 g/mol. The summed E-state index contributed by atoms with van der Waals surface area (Å²) in [5, 5.41) is 3.48. The molecule has 3 aromatic rings. The van der Waals surface area contributed by atoms with Crippen molar-refractivity contribution in [2.24, 2.45) is 5.92 Å². The van der Waals surface area contributed by atoms with Crippen LogP contribution < -0.4 is 10.9 Å². The predicted molar refractivity (Wildman–Crippen MR) is 133 cm³/mol. The van der Waals surface area contributed by atoms with Gasteiger partial charge in [-0.1, -0.05) is 6.92 Å². The van der Waals surface area contributed by atoms with Gasteiger partial charge in [0.05, 0.1) is 24.1 Å². The minimum absolute atomic E-state index is 0.133. The van der Waals surface area contributed by atoms with E-state index in [1.807, 2.05) is 19.0 Å². The molecule has 2 heterocycles. The van der Waals surface area contributed by atoms with Crippen LogP contribution in [0.25, 0.3) is 10.2 Å². The topological polar surface area (TPSA) is 93.5 Å². The average Bonchev–Trinajstić information content (AvgIpc) is 3.14. The molecule has 2 aromatic heterocycles. The van der Waals surface area contributed by atoms with E-state index in [1.54, 1.807) is 42.5 Å². The van der Waals surface area contributed by atoms with Gasteiger partial charge in [-0.2, -0.15) is 0 Å². The SMILES string of the molecule is CCOC(=O)c1ccc(NC(=O)Cn2c(CN(C)C)nc3sc4c(c3c2=O)CCC(C)C4)cc1. The fourth-order valence-corrected chi connectivity index (χ4v) is 5.67. The number of aryl methyl sites for hydroxylation is 1. The Labute approximate surface area is 202 Å². The van der Waals surface area contributed by atoms with Crippen molar-refractivity contribution in [3.63, 3.8) is 0 Å². The fourth-order valence-electron chi connectivity index (χ4n) is 4.28. The summed E-state index contributed by atoms with van der Waals surface area (Å²) in [6.07, 6.45) is 2.90. The van der Waals surface area contributed by atoms with E-state index >= 15 is 0 Å². The van der Waals surface area contributed by atoms with E-state index in [9.17, 15) is 14.4 Å². The van der Waals surface area contributed by atoms with Crippen molar-refractivity contribution in [2.75, 3.05) is 26.0 Å². The molecule has 1 unspecified atom stereocenters. The number of amides is 1. The summed E-state index contributed by atoms with van der Waals surface area (Å²) in [6, 6.07) is 6.49. The summed E-state index contributed by atoms with van der Waals surface area (Å²) < 4.78 is 6.48. The Balaban J connectivity index is 1.62. The zero-order chi connectivity index (χ0) is 24.4. The number of fused-ring (bicyclic) bond motifs is 3. The number of carbonyl (C=O) groups excluding carboxylic acids is 2. The average molecular weight is 483 g/mol. The molecule has 8 nitrogen and oxygen atoms in total. The molecule has 34 heavy (non-hydrogen) atoms. The third kappa shape index (κ3) is 5.05. The molecule has 1 atom stereocenters. The van der Waals surface area contributed by atoms with Crippen LogP contribution in [0.2, 0.25) is 0 Å². The smallest absolute Gasteiger partial charge is 0.338 e. The lowest BCUT2D eigenvalue weighted by Gasteiger charge is -2.18. The lowest BCUT2D eigenvalue weighted by molar-refractivity contribution is -0.116. The van der Waals surface area contributed by atoms with Crippen LogP contribution in [0, 0.1) is 5.92 Å². The van der Waals surface area contributed by atoms with Gasteiger partial charge >= 0.3 is 5.97 Å². The maximum atomic E-state index is 13.6. The maximum absolute atomic E-state index is 13.6. The van der Waals surface area contributed by atoms with Crippen molar-refractivity contribution in [3.8, 4) is 0 Å². The van der Waals surface area contributed by atoms with Gasteiger partial charge in [-0.25, -0.2) is 9.78 Å². The summed E-state index contributed by atoms with van der Waals surface area (Å²) in [6.45, 7) is 4.60. The molecule has 1 aliphatic carbocycles. The highest BCUT2D eigenvalue weighted by Gasteiger charge is 2.25. The highest BCUT2D eigenvalue weighted by molar-refractivity contribution is 7.18. The highest BCUT2D eigenvalue weighted by Crippen LogP contribution is 2.35. The first-order chi connectivity index (χ1) is 16.3. The first kappa shape index (κ1) is 24.1. The van der Waals surface area contributed by atoms with Gasteiger partial charge in [-0.3, -0.25) is 14.2 Å². The summed E-state index contributed by atoms with van der Waals surface area (Å²) in [5.74, 6) is 0.435. The van der Waals surface area contributed by atoms with Gasteiger partial charge in [0.2, 0.25) is 5.91 Å². The van der Waals surface area contributed by atoms with Crippen molar-refractivity contribution < 1.29 is 14.3 Å². The van der Waals surface area contributed by atoms with Gasteiger partial charge in [-0.15, -0.1) is 11.3 Å². The molecular formula is C25H30N4O4S. The number of aromatic nitrogens is 2. The van der Waals surface area contributed by atoms with Crippen LogP contribution in [-0.2, 0) is 35.5 Å². The Hall–Kier alpha value is -3.04.